The molecule has 0 fully saturated rings. The van der Waals surface area contributed by atoms with Crippen LogP contribution in [0.2, 0.25) is 0 Å². The van der Waals surface area contributed by atoms with Crippen LogP contribution in [0, 0.1) is 11.6 Å². The van der Waals surface area contributed by atoms with Crippen LogP contribution in [0.1, 0.15) is 5.56 Å². The Balaban J connectivity index is 1.83. The van der Waals surface area contributed by atoms with E-state index in [-0.39, 0.29) is 16.3 Å². The van der Waals surface area contributed by atoms with E-state index in [1.807, 2.05) is 0 Å². The van der Waals surface area contributed by atoms with Crippen molar-refractivity contribution in [3.63, 3.8) is 0 Å². The van der Waals surface area contributed by atoms with Crippen LogP contribution >= 0.6 is 0 Å². The van der Waals surface area contributed by atoms with Gasteiger partial charge in [-0.2, -0.15) is 4.39 Å². The van der Waals surface area contributed by atoms with Gasteiger partial charge in [-0.3, -0.25) is 4.98 Å². The molecule has 0 aliphatic carbocycles. The van der Waals surface area contributed by atoms with E-state index in [4.69, 9.17) is 4.74 Å². The normalized spacial score (nSPS) is 11.6. The summed E-state index contributed by atoms with van der Waals surface area (Å²) < 4.78 is 61.0. The molecule has 0 unspecified atom stereocenters. The van der Waals surface area contributed by atoms with Gasteiger partial charge in [0.05, 0.1) is 18.3 Å². The Morgan fingerprint density at radius 1 is 1.12 bits per heavy atom. The fourth-order valence-corrected chi connectivity index (χ4v) is 4.78. The second kappa shape index (κ2) is 8.56. The van der Waals surface area contributed by atoms with Crippen molar-refractivity contribution in [2.45, 2.75) is 11.4 Å². The molecule has 0 radical (unpaired) electrons. The molecule has 2 aromatic carbocycles. The molecule has 4 rings (SSSR count). The number of hydrogen-bond donors (Lipinski definition) is 2. The van der Waals surface area contributed by atoms with E-state index in [9.17, 15) is 17.2 Å². The Kier molecular flexibility index (Phi) is 5.81. The first kappa shape index (κ1) is 21.7. The number of pyridine rings is 1. The summed E-state index contributed by atoms with van der Waals surface area (Å²) in [5.74, 6) is -2.42. The van der Waals surface area contributed by atoms with Crippen LogP contribution in [0.4, 0.5) is 20.2 Å². The zero-order valence-corrected chi connectivity index (χ0v) is 18.1. The molecule has 2 aromatic heterocycles. The van der Waals surface area contributed by atoms with Gasteiger partial charge in [-0.05, 0) is 49.0 Å². The van der Waals surface area contributed by atoms with E-state index in [0.717, 1.165) is 5.56 Å². The highest BCUT2D eigenvalue weighted by Crippen LogP contribution is 2.32. The van der Waals surface area contributed by atoms with Gasteiger partial charge in [-0.1, -0.05) is 6.07 Å². The third-order valence-corrected chi connectivity index (χ3v) is 6.62. The molecule has 32 heavy (non-hydrogen) atoms. The number of halogens is 2. The average Bonchev–Trinajstić information content (AvgIpc) is 3.16. The highest BCUT2D eigenvalue weighted by atomic mass is 32.2. The van der Waals surface area contributed by atoms with Gasteiger partial charge in [-0.25, -0.2) is 16.8 Å². The topological polar surface area (TPSA) is 85.2 Å². The average molecular weight is 458 g/mol. The molecule has 166 valence electrons. The van der Waals surface area contributed by atoms with Crippen LogP contribution in [-0.4, -0.2) is 31.5 Å². The number of aromatic nitrogens is 2. The van der Waals surface area contributed by atoms with Crippen LogP contribution in [0.3, 0.4) is 0 Å². The van der Waals surface area contributed by atoms with Gasteiger partial charge in [0.15, 0.2) is 11.6 Å². The summed E-state index contributed by atoms with van der Waals surface area (Å²) in [7, 11) is -0.920. The molecule has 2 heterocycles. The van der Waals surface area contributed by atoms with Crippen molar-refractivity contribution in [2.75, 3.05) is 19.5 Å². The van der Waals surface area contributed by atoms with Gasteiger partial charge in [0.25, 0.3) is 10.0 Å². The van der Waals surface area contributed by atoms with E-state index in [0.29, 0.717) is 23.1 Å². The molecule has 2 N–H and O–H groups in total. The first-order valence-electron chi connectivity index (χ1n) is 9.60. The van der Waals surface area contributed by atoms with E-state index < -0.39 is 21.7 Å². The van der Waals surface area contributed by atoms with Crippen molar-refractivity contribution in [1.82, 2.24) is 14.3 Å². The molecule has 4 aromatic rings. The highest BCUT2D eigenvalue weighted by Gasteiger charge is 2.22. The molecule has 0 saturated heterocycles. The van der Waals surface area contributed by atoms with Gasteiger partial charge < -0.3 is 15.4 Å². The van der Waals surface area contributed by atoms with Crippen molar-refractivity contribution in [3.8, 4) is 5.75 Å². The first-order valence-corrected chi connectivity index (χ1v) is 11.0. The predicted octanol–water partition coefficient (Wildman–Crippen LogP) is 4.02. The number of anilines is 2. The largest absolute Gasteiger partial charge is 0.494 e. The SMILES string of the molecule is CNCc1cn(S(=O)(=O)c2cccnc2)c2cc(Nc3ccc(OC)c(F)c3F)ccc12. The molecule has 0 bridgehead atoms. The predicted molar refractivity (Wildman–Crippen MR) is 118 cm³/mol. The van der Waals surface area contributed by atoms with Crippen molar-refractivity contribution >= 4 is 32.3 Å². The minimum Gasteiger partial charge on any atom is -0.494 e. The molecule has 0 atom stereocenters. The summed E-state index contributed by atoms with van der Waals surface area (Å²) in [4.78, 5) is 3.94. The van der Waals surface area contributed by atoms with Gasteiger partial charge in [0, 0.05) is 36.2 Å². The number of hydrogen-bond acceptors (Lipinski definition) is 6. The molecule has 0 aliphatic rings. The second-order valence-electron chi connectivity index (χ2n) is 6.97. The Bertz CT molecular complexity index is 1390. The maximum absolute atomic E-state index is 14.4. The summed E-state index contributed by atoms with van der Waals surface area (Å²) in [6.45, 7) is 0.442. The van der Waals surface area contributed by atoms with Gasteiger partial charge in [-0.15, -0.1) is 0 Å². The lowest BCUT2D eigenvalue weighted by Crippen LogP contribution is -2.12. The first-order chi connectivity index (χ1) is 15.4. The Hall–Kier alpha value is -3.50. The molecule has 0 spiro atoms. The maximum atomic E-state index is 14.4. The third-order valence-electron chi connectivity index (χ3n) is 4.96. The summed E-state index contributed by atoms with van der Waals surface area (Å²) in [5, 5.41) is 6.54. The molecule has 7 nitrogen and oxygen atoms in total. The van der Waals surface area contributed by atoms with E-state index in [1.165, 1.54) is 41.7 Å². The lowest BCUT2D eigenvalue weighted by molar-refractivity contribution is 0.372. The lowest BCUT2D eigenvalue weighted by Gasteiger charge is -2.12. The summed E-state index contributed by atoms with van der Waals surface area (Å²) in [6, 6.07) is 10.6. The monoisotopic (exact) mass is 458 g/mol. The second-order valence-corrected chi connectivity index (χ2v) is 8.79. The quantitative estimate of drug-likeness (QED) is 0.435. The number of methoxy groups -OCH3 is 1. The molecule has 10 heteroatoms. The Labute approximate surface area is 183 Å². The summed E-state index contributed by atoms with van der Waals surface area (Å²) >= 11 is 0. The minimum absolute atomic E-state index is 0.0366. The van der Waals surface area contributed by atoms with Crippen LogP contribution in [0.25, 0.3) is 10.9 Å². The fraction of sp³-hybridized carbons (Fsp3) is 0.136. The molecular weight excluding hydrogens is 438 g/mol. The van der Waals surface area contributed by atoms with Gasteiger partial charge in [0.1, 0.15) is 4.90 Å². The van der Waals surface area contributed by atoms with Crippen molar-refractivity contribution in [3.05, 3.63) is 78.3 Å². The molecule has 0 aliphatic heterocycles. The Morgan fingerprint density at radius 3 is 2.62 bits per heavy atom. The third kappa shape index (κ3) is 3.78. The standard InChI is InChI=1S/C22H20F2N4O3S/c1-25-11-14-13-28(32(29,30)16-4-3-9-26-12-16)19-10-15(5-6-17(14)19)27-18-7-8-20(31-2)22(24)21(18)23/h3-10,12-13,25,27H,11H2,1-2H3. The molecule has 0 amide bonds. The van der Waals surface area contributed by atoms with Crippen molar-refractivity contribution in [1.29, 1.82) is 0 Å². The number of ether oxygens (including phenoxy) is 1. The minimum atomic E-state index is -3.93. The molecular formula is C22H20F2N4O3S. The maximum Gasteiger partial charge on any atom is 0.269 e. The van der Waals surface area contributed by atoms with E-state index >= 15 is 0 Å². The zero-order chi connectivity index (χ0) is 22.9. The number of nitrogens with one attached hydrogen (secondary N) is 2. The van der Waals surface area contributed by atoms with Crippen LogP contribution in [0.5, 0.6) is 5.75 Å². The van der Waals surface area contributed by atoms with Gasteiger partial charge in [0.2, 0.25) is 5.82 Å². The van der Waals surface area contributed by atoms with Crippen molar-refractivity contribution in [2.24, 2.45) is 0 Å². The number of benzene rings is 2. The van der Waals surface area contributed by atoms with Crippen LogP contribution < -0.4 is 15.4 Å². The van der Waals surface area contributed by atoms with Gasteiger partial charge >= 0.3 is 0 Å². The van der Waals surface area contributed by atoms with E-state index in [2.05, 4.69) is 15.6 Å². The van der Waals surface area contributed by atoms with Crippen LogP contribution in [-0.2, 0) is 16.6 Å². The number of nitrogens with zero attached hydrogens (tertiary/aromatic N) is 2. The van der Waals surface area contributed by atoms with E-state index in [1.54, 1.807) is 37.5 Å². The zero-order valence-electron chi connectivity index (χ0n) is 17.3. The van der Waals surface area contributed by atoms with Crippen LogP contribution in [0.15, 0.2) is 66.0 Å². The summed E-state index contributed by atoms with van der Waals surface area (Å²) in [5.41, 5.74) is 1.44. The van der Waals surface area contributed by atoms with Crippen molar-refractivity contribution < 1.29 is 21.9 Å². The summed E-state index contributed by atoms with van der Waals surface area (Å²) in [6.07, 6.45) is 4.31. The number of fused-ring (bicyclic) bond motifs is 1. The highest BCUT2D eigenvalue weighted by molar-refractivity contribution is 7.90. The number of rotatable bonds is 7. The fourth-order valence-electron chi connectivity index (χ4n) is 3.43. The lowest BCUT2D eigenvalue weighted by atomic mass is 10.1. The smallest absolute Gasteiger partial charge is 0.269 e. The molecule has 0 saturated carbocycles. The Morgan fingerprint density at radius 2 is 1.94 bits per heavy atom.